The molecule has 0 aromatic heterocycles. The van der Waals surface area contributed by atoms with Crippen LogP contribution in [-0.2, 0) is 78.8 Å². The van der Waals surface area contributed by atoms with Crippen molar-refractivity contribution >= 4 is 59.7 Å². The summed E-state index contributed by atoms with van der Waals surface area (Å²) in [4.78, 5) is 106. The summed E-state index contributed by atoms with van der Waals surface area (Å²) >= 11 is 5.55. The third-order valence-corrected chi connectivity index (χ3v) is 16.5. The van der Waals surface area contributed by atoms with Crippen LogP contribution in [0.4, 0.5) is 19.2 Å². The molecule has 26 heteroatoms. The summed E-state index contributed by atoms with van der Waals surface area (Å²) in [5.41, 5.74) is 3.80. The highest BCUT2D eigenvalue weighted by molar-refractivity contribution is 6.27. The van der Waals surface area contributed by atoms with E-state index in [9.17, 15) is 43.5 Å². The lowest BCUT2D eigenvalue weighted by atomic mass is 9.99. The van der Waals surface area contributed by atoms with Crippen LogP contribution in [0.3, 0.4) is 0 Å². The summed E-state index contributed by atoms with van der Waals surface area (Å²) in [5, 5.41) is 21.7. The number of amides is 7. The van der Waals surface area contributed by atoms with E-state index in [1.807, 2.05) is 126 Å². The molecule has 7 aliphatic heterocycles. The first-order valence-electron chi connectivity index (χ1n) is 31.2. The number of fused-ring (bicyclic) bond motifs is 2. The number of piperazine rings is 3. The molecule has 11 rings (SSSR count). The van der Waals surface area contributed by atoms with Crippen LogP contribution in [-0.4, -0.2) is 248 Å². The van der Waals surface area contributed by atoms with Crippen LogP contribution in [0.1, 0.15) is 47.9 Å². The number of hydrogen-bond donors (Lipinski definition) is 3. The maximum absolute atomic E-state index is 12.1. The van der Waals surface area contributed by atoms with Gasteiger partial charge in [-0.25, -0.2) is 19.2 Å². The molecule has 5 atom stereocenters. The second-order valence-electron chi connectivity index (χ2n) is 22.8. The standard InChI is InChI=1S/C15H19ClN2O4.C15H18N2O4.C15H19NO4.C14H19NO3.C7H12N2O2/c16-8-14(20)18-7-6-17(9-13(18)10-19)15(21)22-11-12-4-2-1-3-5-12;18-14-11-20-10-13-8-16(6-7-17(13)14)15(19)21-9-12-4-2-1-3-5-12;1-19-14(17)13-8-5-9-16(10-13)15(18)20-11-12-6-3-2-4-7-12;16-10-13-7-4-8-15(9-13)14(17)18-11-12-5-2-1-3-6-12;10-7-5-11-4-6-3-8-1-2-9(6)7/h1-5,13,19H,6-11H2;1-5,13H,6-11H2;2-4,6-7,13H,5,8-11H2,1H3;1-3,5-6,13,16H,4,7-11H2;6,8H,1-5H2/t4*13-;6-/m00000/s1. The first kappa shape index (κ1) is 71.4. The number of benzene rings is 4. The van der Waals surface area contributed by atoms with Crippen molar-refractivity contribution in [3.05, 3.63) is 144 Å². The van der Waals surface area contributed by atoms with Gasteiger partial charge in [0.15, 0.2) is 0 Å². The Labute approximate surface area is 542 Å². The Balaban J connectivity index is 0.000000165. The largest absolute Gasteiger partial charge is 0.469 e. The monoisotopic (exact) mass is 1300 g/mol. The molecule has 7 amide bonds. The zero-order valence-corrected chi connectivity index (χ0v) is 53.0. The average Bonchev–Trinajstić information content (AvgIpc) is 0.976. The lowest BCUT2D eigenvalue weighted by Gasteiger charge is -2.43. The number of aliphatic hydroxyl groups excluding tert-OH is 2. The van der Waals surface area contributed by atoms with Crippen molar-refractivity contribution in [2.75, 3.05) is 138 Å². The highest BCUT2D eigenvalue weighted by Crippen LogP contribution is 2.21. The number of hydrogen-bond acceptors (Lipinski definition) is 18. The number of halogens is 1. The minimum Gasteiger partial charge on any atom is -0.469 e. The number of morpholine rings is 2. The third kappa shape index (κ3) is 22.9. The van der Waals surface area contributed by atoms with Crippen molar-refractivity contribution in [3.63, 3.8) is 0 Å². The van der Waals surface area contributed by atoms with E-state index in [0.29, 0.717) is 72.2 Å². The van der Waals surface area contributed by atoms with Gasteiger partial charge in [0.25, 0.3) is 0 Å². The minimum absolute atomic E-state index is 0.00329. The molecule has 7 saturated heterocycles. The Hall–Kier alpha value is -8.07. The Kier molecular flexibility index (Phi) is 30.0. The molecule has 7 heterocycles. The number of carbonyl (C=O) groups is 8. The highest BCUT2D eigenvalue weighted by atomic mass is 35.5. The molecule has 25 nitrogen and oxygen atoms in total. The summed E-state index contributed by atoms with van der Waals surface area (Å²) in [5.74, 6) is -0.523. The van der Waals surface area contributed by atoms with Crippen molar-refractivity contribution in [3.8, 4) is 0 Å². The van der Waals surface area contributed by atoms with Crippen molar-refractivity contribution in [1.29, 1.82) is 0 Å². The molecule has 0 spiro atoms. The minimum atomic E-state index is -0.444. The predicted octanol–water partition coefficient (Wildman–Crippen LogP) is 4.99. The van der Waals surface area contributed by atoms with Gasteiger partial charge < -0.3 is 83.0 Å². The summed E-state index contributed by atoms with van der Waals surface area (Å²) in [6.45, 7) is 9.99. The summed E-state index contributed by atoms with van der Waals surface area (Å²) < 4.78 is 36.2. The fraction of sp³-hybridized carbons (Fsp3) is 0.515. The molecule has 4 aromatic rings. The van der Waals surface area contributed by atoms with E-state index >= 15 is 0 Å². The zero-order valence-electron chi connectivity index (χ0n) is 52.3. The molecular formula is C66H87ClN8O17. The van der Waals surface area contributed by atoms with Crippen LogP contribution in [0, 0.1) is 11.8 Å². The Morgan fingerprint density at radius 1 is 0.522 bits per heavy atom. The topological polar surface area (TPSA) is 276 Å². The van der Waals surface area contributed by atoms with Gasteiger partial charge >= 0.3 is 30.3 Å². The number of carbonyl (C=O) groups excluding carboxylic acids is 8. The molecule has 0 bridgehead atoms. The smallest absolute Gasteiger partial charge is 0.410 e. The van der Waals surface area contributed by atoms with Crippen LogP contribution in [0.5, 0.6) is 0 Å². The van der Waals surface area contributed by atoms with Gasteiger partial charge in [-0.2, -0.15) is 0 Å². The molecule has 0 aliphatic carbocycles. The molecule has 7 fully saturated rings. The molecule has 4 aromatic carbocycles. The number of piperidine rings is 2. The fourth-order valence-corrected chi connectivity index (χ4v) is 11.3. The van der Waals surface area contributed by atoms with E-state index in [-0.39, 0.29) is 125 Å². The van der Waals surface area contributed by atoms with Gasteiger partial charge in [0.2, 0.25) is 17.7 Å². The second-order valence-corrected chi connectivity index (χ2v) is 23.0. The first-order chi connectivity index (χ1) is 44.8. The first-order valence-corrected chi connectivity index (χ1v) is 31.7. The van der Waals surface area contributed by atoms with E-state index < -0.39 is 12.1 Å². The van der Waals surface area contributed by atoms with Crippen molar-refractivity contribution in [1.82, 2.24) is 39.6 Å². The van der Waals surface area contributed by atoms with Gasteiger partial charge in [-0.05, 0) is 53.9 Å². The number of rotatable bonds is 12. The Morgan fingerprint density at radius 2 is 0.957 bits per heavy atom. The third-order valence-electron chi connectivity index (χ3n) is 16.3. The number of ether oxygens (including phenoxy) is 7. The normalized spacial score (nSPS) is 21.0. The number of methoxy groups -OCH3 is 1. The molecular weight excluding hydrogens is 1210 g/mol. The van der Waals surface area contributed by atoms with E-state index in [1.54, 1.807) is 19.6 Å². The van der Waals surface area contributed by atoms with Gasteiger partial charge in [0.1, 0.15) is 45.5 Å². The molecule has 92 heavy (non-hydrogen) atoms. The van der Waals surface area contributed by atoms with E-state index in [1.165, 1.54) is 16.9 Å². The van der Waals surface area contributed by atoms with E-state index in [4.69, 9.17) is 49.9 Å². The number of aliphatic hydroxyl groups is 2. The van der Waals surface area contributed by atoms with Crippen molar-refractivity contribution in [2.45, 2.75) is 70.2 Å². The fourth-order valence-electron chi connectivity index (χ4n) is 11.2. The van der Waals surface area contributed by atoms with Gasteiger partial charge in [-0.1, -0.05) is 121 Å². The number of alkyl halides is 1. The van der Waals surface area contributed by atoms with Crippen molar-refractivity contribution in [2.24, 2.45) is 11.8 Å². The summed E-state index contributed by atoms with van der Waals surface area (Å²) in [6.07, 6.45) is 2.04. The predicted molar refractivity (Wildman–Crippen MR) is 336 cm³/mol. The van der Waals surface area contributed by atoms with Gasteiger partial charge in [-0.15, -0.1) is 11.6 Å². The quantitative estimate of drug-likeness (QED) is 0.0958. The number of esters is 1. The molecule has 0 radical (unpaired) electrons. The molecule has 500 valence electrons. The molecule has 7 aliphatic rings. The van der Waals surface area contributed by atoms with Gasteiger partial charge in [-0.3, -0.25) is 19.2 Å². The molecule has 3 N–H and O–H groups in total. The van der Waals surface area contributed by atoms with Crippen LogP contribution >= 0.6 is 11.6 Å². The van der Waals surface area contributed by atoms with Crippen LogP contribution < -0.4 is 5.32 Å². The lowest BCUT2D eigenvalue weighted by molar-refractivity contribution is -0.152. The van der Waals surface area contributed by atoms with Crippen LogP contribution in [0.15, 0.2) is 121 Å². The number of nitrogens with one attached hydrogen (secondary N) is 1. The van der Waals surface area contributed by atoms with E-state index in [0.717, 1.165) is 74.1 Å². The van der Waals surface area contributed by atoms with Gasteiger partial charge in [0, 0.05) is 91.7 Å². The molecule has 0 saturated carbocycles. The lowest BCUT2D eigenvalue weighted by Crippen LogP contribution is -2.61. The average molecular weight is 1300 g/mol. The summed E-state index contributed by atoms with van der Waals surface area (Å²) in [6, 6.07) is 37.9. The van der Waals surface area contributed by atoms with Crippen LogP contribution in [0.2, 0.25) is 0 Å². The van der Waals surface area contributed by atoms with E-state index in [2.05, 4.69) is 5.32 Å². The Bertz CT molecular complexity index is 2930. The zero-order chi connectivity index (χ0) is 65.5. The SMILES string of the molecule is COC(=O)[C@H]1CCCN(C(=O)OCc2ccccc2)C1.O=C(OCc1ccccc1)N1CCC[C@H](CO)C1.O=C(OCc1ccccc1)N1CCN(C(=O)CCl)[C@H](CO)C1.O=C(OCc1ccccc1)N1CCN2C(=O)COC[C@@H]2C1.O=C1COC[C@@H]2CNCCN12. The Morgan fingerprint density at radius 3 is 1.41 bits per heavy atom. The maximum Gasteiger partial charge on any atom is 0.410 e. The van der Waals surface area contributed by atoms with Gasteiger partial charge in [0.05, 0.1) is 51.0 Å². The number of nitrogens with zero attached hydrogens (tertiary/aromatic N) is 7. The second kappa shape index (κ2) is 38.7. The van der Waals surface area contributed by atoms with Crippen molar-refractivity contribution < 1.29 is 81.7 Å². The summed E-state index contributed by atoms with van der Waals surface area (Å²) in [7, 11) is 1.37. The van der Waals surface area contributed by atoms with Crippen LogP contribution in [0.25, 0.3) is 0 Å². The number of likely N-dealkylation sites (tertiary alicyclic amines) is 2. The molecule has 0 unspecified atom stereocenters. The maximum atomic E-state index is 12.1. The highest BCUT2D eigenvalue weighted by Gasteiger charge is 2.37.